The minimum Gasteiger partial charge on any atom is -0.477 e. The van der Waals surface area contributed by atoms with E-state index in [2.05, 4.69) is 26.3 Å². The summed E-state index contributed by atoms with van der Waals surface area (Å²) in [6, 6.07) is 12.8. The third kappa shape index (κ3) is 3.72. The van der Waals surface area contributed by atoms with Crippen molar-refractivity contribution in [3.8, 4) is 5.69 Å². The van der Waals surface area contributed by atoms with Crippen molar-refractivity contribution >= 4 is 56.2 Å². The van der Waals surface area contributed by atoms with Gasteiger partial charge in [-0.3, -0.25) is 4.79 Å². The van der Waals surface area contributed by atoms with E-state index >= 15 is 0 Å². The standard InChI is InChI=1S/C20H11BrClN3O5/c21-11-1-6-16-10(7-11)8-14(20(29)30-16)18(26)24-17-15(19(27)28)9-23-25(17)13-4-2-12(22)3-5-13/h1-9H,(H,24,26)(H,27,28). The molecule has 30 heavy (non-hydrogen) atoms. The highest BCUT2D eigenvalue weighted by Gasteiger charge is 2.22. The van der Waals surface area contributed by atoms with Gasteiger partial charge < -0.3 is 14.8 Å². The van der Waals surface area contributed by atoms with Gasteiger partial charge in [-0.2, -0.15) is 5.10 Å². The van der Waals surface area contributed by atoms with Gasteiger partial charge in [-0.25, -0.2) is 14.3 Å². The predicted octanol–water partition coefficient (Wildman–Crippen LogP) is 4.35. The molecule has 2 aromatic carbocycles. The molecule has 8 nitrogen and oxygen atoms in total. The van der Waals surface area contributed by atoms with Crippen LogP contribution in [0, 0.1) is 0 Å². The van der Waals surface area contributed by atoms with Crippen LogP contribution in [0.1, 0.15) is 20.7 Å². The molecule has 0 saturated heterocycles. The zero-order valence-corrected chi connectivity index (χ0v) is 17.3. The van der Waals surface area contributed by atoms with E-state index in [-0.39, 0.29) is 16.9 Å². The van der Waals surface area contributed by atoms with Crippen LogP contribution in [0.25, 0.3) is 16.7 Å². The first kappa shape index (κ1) is 19.9. The lowest BCUT2D eigenvalue weighted by molar-refractivity contribution is 0.0698. The number of amides is 1. The summed E-state index contributed by atoms with van der Waals surface area (Å²) in [6.45, 7) is 0. The smallest absolute Gasteiger partial charge is 0.349 e. The van der Waals surface area contributed by atoms with Crippen LogP contribution in [0.4, 0.5) is 5.82 Å². The largest absolute Gasteiger partial charge is 0.477 e. The van der Waals surface area contributed by atoms with E-state index in [1.165, 1.54) is 10.7 Å². The fraction of sp³-hybridized carbons (Fsp3) is 0. The third-order valence-corrected chi connectivity index (χ3v) is 4.99. The molecule has 2 aromatic heterocycles. The number of nitrogens with zero attached hydrogens (tertiary/aromatic N) is 2. The van der Waals surface area contributed by atoms with Gasteiger partial charge in [0.15, 0.2) is 5.82 Å². The first-order valence-corrected chi connectivity index (χ1v) is 9.62. The first-order valence-electron chi connectivity index (χ1n) is 8.45. The molecule has 0 unspecified atom stereocenters. The summed E-state index contributed by atoms with van der Waals surface area (Å²) < 4.78 is 7.18. The lowest BCUT2D eigenvalue weighted by Gasteiger charge is -2.10. The van der Waals surface area contributed by atoms with E-state index in [0.29, 0.717) is 21.7 Å². The van der Waals surface area contributed by atoms with Crippen LogP contribution in [0.15, 0.2) is 68.4 Å². The molecule has 10 heteroatoms. The summed E-state index contributed by atoms with van der Waals surface area (Å²) >= 11 is 9.21. The van der Waals surface area contributed by atoms with Crippen molar-refractivity contribution in [2.75, 3.05) is 5.32 Å². The van der Waals surface area contributed by atoms with Gasteiger partial charge >= 0.3 is 11.6 Å². The number of aromatic carboxylic acids is 1. The summed E-state index contributed by atoms with van der Waals surface area (Å²) in [5, 5.41) is 17.0. The Labute approximate surface area is 181 Å². The number of halogens is 2. The topological polar surface area (TPSA) is 114 Å². The van der Waals surface area contributed by atoms with Crippen LogP contribution in [0.2, 0.25) is 5.02 Å². The molecular formula is C20H11BrClN3O5. The number of aromatic nitrogens is 2. The molecule has 0 aliphatic carbocycles. The molecule has 150 valence electrons. The van der Waals surface area contributed by atoms with Crippen molar-refractivity contribution in [1.29, 1.82) is 0 Å². The second kappa shape index (κ2) is 7.77. The van der Waals surface area contributed by atoms with Gasteiger partial charge in [0.05, 0.1) is 11.9 Å². The quantitative estimate of drug-likeness (QED) is 0.413. The van der Waals surface area contributed by atoms with Crippen molar-refractivity contribution in [1.82, 2.24) is 9.78 Å². The van der Waals surface area contributed by atoms with Crippen molar-refractivity contribution in [2.24, 2.45) is 0 Å². The summed E-state index contributed by atoms with van der Waals surface area (Å²) in [4.78, 5) is 36.7. The van der Waals surface area contributed by atoms with Crippen LogP contribution in [0.5, 0.6) is 0 Å². The summed E-state index contributed by atoms with van der Waals surface area (Å²) in [7, 11) is 0. The Bertz CT molecular complexity index is 1360. The molecule has 4 rings (SSSR count). The molecular weight excluding hydrogens is 478 g/mol. The second-order valence-corrected chi connectivity index (χ2v) is 7.54. The third-order valence-electron chi connectivity index (χ3n) is 4.24. The molecule has 0 saturated carbocycles. The lowest BCUT2D eigenvalue weighted by Crippen LogP contribution is -2.23. The van der Waals surface area contributed by atoms with Crippen LogP contribution < -0.4 is 10.9 Å². The van der Waals surface area contributed by atoms with E-state index in [1.807, 2.05) is 0 Å². The van der Waals surface area contributed by atoms with E-state index in [0.717, 1.165) is 10.7 Å². The molecule has 0 aliphatic heterocycles. The van der Waals surface area contributed by atoms with E-state index < -0.39 is 17.5 Å². The van der Waals surface area contributed by atoms with Crippen LogP contribution in [-0.2, 0) is 0 Å². The number of hydrogen-bond donors (Lipinski definition) is 2. The molecule has 0 fully saturated rings. The summed E-state index contributed by atoms with van der Waals surface area (Å²) in [5.74, 6) is -2.23. The maximum atomic E-state index is 12.8. The number of nitrogens with one attached hydrogen (secondary N) is 1. The Kier molecular flexibility index (Phi) is 5.15. The highest BCUT2D eigenvalue weighted by molar-refractivity contribution is 9.10. The molecule has 0 bridgehead atoms. The van der Waals surface area contributed by atoms with Crippen molar-refractivity contribution < 1.29 is 19.1 Å². The fourth-order valence-corrected chi connectivity index (χ4v) is 3.34. The minimum absolute atomic E-state index is 0.108. The summed E-state index contributed by atoms with van der Waals surface area (Å²) in [6.07, 6.45) is 1.10. The lowest BCUT2D eigenvalue weighted by atomic mass is 10.2. The fourth-order valence-electron chi connectivity index (χ4n) is 2.83. The predicted molar refractivity (Wildman–Crippen MR) is 114 cm³/mol. The molecule has 4 aromatic rings. The van der Waals surface area contributed by atoms with Crippen molar-refractivity contribution in [2.45, 2.75) is 0 Å². The van der Waals surface area contributed by atoms with Gasteiger partial charge in [-0.1, -0.05) is 27.5 Å². The maximum Gasteiger partial charge on any atom is 0.349 e. The average molecular weight is 489 g/mol. The number of carboxylic acids is 1. The number of carbonyl (C=O) groups excluding carboxylic acids is 1. The molecule has 1 amide bonds. The number of fused-ring (bicyclic) bond motifs is 1. The first-order chi connectivity index (χ1) is 14.3. The number of hydrogen-bond acceptors (Lipinski definition) is 5. The van der Waals surface area contributed by atoms with Gasteiger partial charge in [-0.05, 0) is 48.5 Å². The van der Waals surface area contributed by atoms with Crippen LogP contribution in [-0.4, -0.2) is 26.8 Å². The molecule has 0 spiro atoms. The van der Waals surface area contributed by atoms with Crippen molar-refractivity contribution in [3.05, 3.63) is 85.8 Å². The van der Waals surface area contributed by atoms with Gasteiger partial charge in [0.25, 0.3) is 5.91 Å². The van der Waals surface area contributed by atoms with Gasteiger partial charge in [0.1, 0.15) is 16.7 Å². The van der Waals surface area contributed by atoms with E-state index in [4.69, 9.17) is 16.0 Å². The van der Waals surface area contributed by atoms with Crippen molar-refractivity contribution in [3.63, 3.8) is 0 Å². The number of benzene rings is 2. The molecule has 0 aliphatic rings. The van der Waals surface area contributed by atoms with E-state index in [9.17, 15) is 19.5 Å². The van der Waals surface area contributed by atoms with E-state index in [1.54, 1.807) is 42.5 Å². The van der Waals surface area contributed by atoms with Gasteiger partial charge in [0.2, 0.25) is 0 Å². The Morgan fingerprint density at radius 2 is 1.83 bits per heavy atom. The number of anilines is 1. The zero-order valence-electron chi connectivity index (χ0n) is 14.9. The Hall–Kier alpha value is -3.43. The number of rotatable bonds is 4. The zero-order chi connectivity index (χ0) is 21.4. The SMILES string of the molecule is O=C(O)c1cnn(-c2ccc(Cl)cc2)c1NC(=O)c1cc2cc(Br)ccc2oc1=O. The molecule has 2 heterocycles. The molecule has 0 radical (unpaired) electrons. The maximum absolute atomic E-state index is 12.8. The van der Waals surface area contributed by atoms with Crippen LogP contribution in [0.3, 0.4) is 0 Å². The highest BCUT2D eigenvalue weighted by atomic mass is 79.9. The molecule has 2 N–H and O–H groups in total. The summed E-state index contributed by atoms with van der Waals surface area (Å²) in [5.41, 5.74) is -0.586. The number of carbonyl (C=O) groups is 2. The van der Waals surface area contributed by atoms with Gasteiger partial charge in [-0.15, -0.1) is 0 Å². The Balaban J connectivity index is 1.78. The second-order valence-electron chi connectivity index (χ2n) is 6.18. The molecule has 0 atom stereocenters. The Morgan fingerprint density at radius 3 is 2.53 bits per heavy atom. The normalized spacial score (nSPS) is 10.9. The van der Waals surface area contributed by atoms with Gasteiger partial charge in [0, 0.05) is 14.9 Å². The highest BCUT2D eigenvalue weighted by Crippen LogP contribution is 2.23. The number of carboxylic acid groups (broad SMARTS) is 1. The average Bonchev–Trinajstić information content (AvgIpc) is 3.12. The van der Waals surface area contributed by atoms with Crippen LogP contribution >= 0.6 is 27.5 Å². The Morgan fingerprint density at radius 1 is 1.10 bits per heavy atom. The minimum atomic E-state index is -1.29. The monoisotopic (exact) mass is 487 g/mol.